The molecule has 2 saturated carbocycles. The Hall–Kier alpha value is -3.80. The van der Waals surface area contributed by atoms with Crippen molar-refractivity contribution < 1.29 is 4.79 Å². The first-order valence-corrected chi connectivity index (χ1v) is 11.6. The topological polar surface area (TPSA) is 71.0 Å². The van der Waals surface area contributed by atoms with E-state index in [4.69, 9.17) is 0 Å². The van der Waals surface area contributed by atoms with Gasteiger partial charge >= 0.3 is 0 Å². The number of hydrogen-bond acceptors (Lipinski definition) is 5. The Morgan fingerprint density at radius 3 is 2.58 bits per heavy atom. The van der Waals surface area contributed by atoms with Crippen LogP contribution in [0.1, 0.15) is 41.6 Å². The molecule has 0 atom stereocenters. The fraction of sp³-hybridized carbons (Fsp3) is 0.259. The number of pyridine rings is 1. The zero-order valence-corrected chi connectivity index (χ0v) is 18.3. The minimum atomic E-state index is 0.0853. The monoisotopic (exact) mass is 435 g/mol. The quantitative estimate of drug-likeness (QED) is 0.439. The van der Waals surface area contributed by atoms with Gasteiger partial charge in [0.25, 0.3) is 5.91 Å². The molecule has 4 aromatic rings. The van der Waals surface area contributed by atoms with Gasteiger partial charge in [0.05, 0.1) is 5.52 Å². The second kappa shape index (κ2) is 8.28. The van der Waals surface area contributed by atoms with E-state index in [1.54, 1.807) is 6.33 Å². The summed E-state index contributed by atoms with van der Waals surface area (Å²) in [6.45, 7) is 0.560. The molecule has 0 saturated heterocycles. The summed E-state index contributed by atoms with van der Waals surface area (Å²) in [5.74, 6) is 0.976. The SMILES string of the molecule is O=C(c1ccccc1)N(Cc1cncc(-c2ccc3ncnc(NC4CC4)c3c2)c1)C1CC1. The Morgan fingerprint density at radius 1 is 0.939 bits per heavy atom. The van der Waals surface area contributed by atoms with Crippen LogP contribution < -0.4 is 5.32 Å². The number of aromatic nitrogens is 3. The van der Waals surface area contributed by atoms with Gasteiger partial charge in [0, 0.05) is 47.5 Å². The van der Waals surface area contributed by atoms with Crippen molar-refractivity contribution in [1.29, 1.82) is 0 Å². The molecule has 2 aliphatic carbocycles. The second-order valence-corrected chi connectivity index (χ2v) is 8.98. The van der Waals surface area contributed by atoms with Gasteiger partial charge in [-0.05, 0) is 67.1 Å². The molecule has 2 fully saturated rings. The number of hydrogen-bond donors (Lipinski definition) is 1. The molecule has 33 heavy (non-hydrogen) atoms. The smallest absolute Gasteiger partial charge is 0.254 e. The largest absolute Gasteiger partial charge is 0.367 e. The summed E-state index contributed by atoms with van der Waals surface area (Å²) in [5.41, 5.74) is 4.79. The normalized spacial score (nSPS) is 15.4. The molecule has 0 unspecified atom stereocenters. The molecule has 2 aromatic heterocycles. The number of carbonyl (C=O) groups excluding carboxylic acids is 1. The predicted octanol–water partition coefficient (Wildman–Crippen LogP) is 5.07. The third-order valence-corrected chi connectivity index (χ3v) is 6.30. The molecular weight excluding hydrogens is 410 g/mol. The van der Waals surface area contributed by atoms with Gasteiger partial charge in [-0.2, -0.15) is 0 Å². The van der Waals surface area contributed by atoms with E-state index >= 15 is 0 Å². The number of carbonyl (C=O) groups is 1. The Labute approximate surface area is 192 Å². The van der Waals surface area contributed by atoms with Crippen LogP contribution in [0, 0.1) is 0 Å². The molecular formula is C27H25N5O. The second-order valence-electron chi connectivity index (χ2n) is 8.98. The summed E-state index contributed by atoms with van der Waals surface area (Å²) in [7, 11) is 0. The van der Waals surface area contributed by atoms with Crippen LogP contribution in [0.4, 0.5) is 5.82 Å². The van der Waals surface area contributed by atoms with Crippen LogP contribution in [0.5, 0.6) is 0 Å². The van der Waals surface area contributed by atoms with Gasteiger partial charge in [-0.1, -0.05) is 24.3 Å². The van der Waals surface area contributed by atoms with E-state index in [1.807, 2.05) is 53.7 Å². The fourth-order valence-corrected chi connectivity index (χ4v) is 4.20. The lowest BCUT2D eigenvalue weighted by Crippen LogP contribution is -2.32. The van der Waals surface area contributed by atoms with E-state index in [0.717, 1.165) is 51.8 Å². The van der Waals surface area contributed by atoms with E-state index in [1.165, 1.54) is 12.8 Å². The minimum absolute atomic E-state index is 0.0853. The molecule has 6 heteroatoms. The van der Waals surface area contributed by atoms with Crippen molar-refractivity contribution in [2.75, 3.05) is 5.32 Å². The molecule has 6 rings (SSSR count). The number of anilines is 1. The summed E-state index contributed by atoms with van der Waals surface area (Å²) in [6.07, 6.45) is 9.86. The molecule has 0 radical (unpaired) electrons. The minimum Gasteiger partial charge on any atom is -0.367 e. The van der Waals surface area contributed by atoms with Gasteiger partial charge in [-0.15, -0.1) is 0 Å². The lowest BCUT2D eigenvalue weighted by molar-refractivity contribution is 0.0730. The van der Waals surface area contributed by atoms with Crippen molar-refractivity contribution in [2.24, 2.45) is 0 Å². The Kier molecular flexibility index (Phi) is 4.98. The molecule has 2 aliphatic rings. The first-order chi connectivity index (χ1) is 16.2. The summed E-state index contributed by atoms with van der Waals surface area (Å²) < 4.78 is 0. The molecule has 0 aliphatic heterocycles. The maximum atomic E-state index is 13.1. The van der Waals surface area contributed by atoms with E-state index in [9.17, 15) is 4.79 Å². The molecule has 0 spiro atoms. The standard InChI is InChI=1S/C27H25N5O/c33-27(19-4-2-1-3-5-19)32(23-9-10-23)16-18-12-21(15-28-14-18)20-6-11-25-24(13-20)26(30-17-29-25)31-22-7-8-22/h1-6,11-15,17,22-23H,7-10,16H2,(H,29,30,31). The van der Waals surface area contributed by atoms with Gasteiger partial charge in [-0.25, -0.2) is 9.97 Å². The highest BCUT2D eigenvalue weighted by Gasteiger charge is 2.33. The molecule has 6 nitrogen and oxygen atoms in total. The summed E-state index contributed by atoms with van der Waals surface area (Å²) in [4.78, 5) is 28.5. The van der Waals surface area contributed by atoms with Crippen molar-refractivity contribution >= 4 is 22.6 Å². The maximum Gasteiger partial charge on any atom is 0.254 e. The first kappa shape index (κ1) is 19.9. The van der Waals surface area contributed by atoms with Gasteiger partial charge in [-0.3, -0.25) is 9.78 Å². The van der Waals surface area contributed by atoms with Crippen molar-refractivity contribution in [1.82, 2.24) is 19.9 Å². The summed E-state index contributed by atoms with van der Waals surface area (Å²) in [5, 5.41) is 4.53. The van der Waals surface area contributed by atoms with E-state index in [2.05, 4.69) is 38.5 Å². The Morgan fingerprint density at radius 2 is 1.79 bits per heavy atom. The highest BCUT2D eigenvalue weighted by atomic mass is 16.2. The fourth-order valence-electron chi connectivity index (χ4n) is 4.20. The average Bonchev–Trinajstić information content (AvgIpc) is 3.78. The van der Waals surface area contributed by atoms with Crippen molar-refractivity contribution in [3.63, 3.8) is 0 Å². The zero-order valence-electron chi connectivity index (χ0n) is 18.3. The van der Waals surface area contributed by atoms with Crippen LogP contribution in [0.15, 0.2) is 73.3 Å². The number of rotatable bonds is 7. The highest BCUT2D eigenvalue weighted by Crippen LogP contribution is 2.32. The highest BCUT2D eigenvalue weighted by molar-refractivity contribution is 5.95. The van der Waals surface area contributed by atoms with Crippen LogP contribution in [0.3, 0.4) is 0 Å². The van der Waals surface area contributed by atoms with Crippen molar-refractivity contribution in [2.45, 2.75) is 44.3 Å². The van der Waals surface area contributed by atoms with Crippen molar-refractivity contribution in [3.05, 3.63) is 84.4 Å². The van der Waals surface area contributed by atoms with Crippen molar-refractivity contribution in [3.8, 4) is 11.1 Å². The van der Waals surface area contributed by atoms with E-state index < -0.39 is 0 Å². The molecule has 2 aromatic carbocycles. The van der Waals surface area contributed by atoms with Gasteiger partial charge < -0.3 is 10.2 Å². The number of amides is 1. The Bertz CT molecular complexity index is 1310. The van der Waals surface area contributed by atoms with Crippen LogP contribution in [0.2, 0.25) is 0 Å². The molecule has 164 valence electrons. The molecule has 0 bridgehead atoms. The summed E-state index contributed by atoms with van der Waals surface area (Å²) >= 11 is 0. The number of nitrogens with one attached hydrogen (secondary N) is 1. The predicted molar refractivity (Wildman–Crippen MR) is 129 cm³/mol. The Balaban J connectivity index is 1.29. The van der Waals surface area contributed by atoms with Crippen LogP contribution in [0.25, 0.3) is 22.0 Å². The molecule has 1 N–H and O–H groups in total. The van der Waals surface area contributed by atoms with E-state index in [-0.39, 0.29) is 5.91 Å². The van der Waals surface area contributed by atoms with Gasteiger partial charge in [0.1, 0.15) is 12.1 Å². The van der Waals surface area contributed by atoms with Crippen LogP contribution in [-0.2, 0) is 6.54 Å². The third-order valence-electron chi connectivity index (χ3n) is 6.30. The van der Waals surface area contributed by atoms with Gasteiger partial charge in [0.15, 0.2) is 0 Å². The third kappa shape index (κ3) is 4.29. The van der Waals surface area contributed by atoms with Crippen LogP contribution >= 0.6 is 0 Å². The molecule has 2 heterocycles. The average molecular weight is 436 g/mol. The van der Waals surface area contributed by atoms with E-state index in [0.29, 0.717) is 18.6 Å². The van der Waals surface area contributed by atoms with Gasteiger partial charge in [0.2, 0.25) is 0 Å². The number of benzene rings is 2. The zero-order chi connectivity index (χ0) is 22.2. The maximum absolute atomic E-state index is 13.1. The lowest BCUT2D eigenvalue weighted by Gasteiger charge is -2.23. The van der Waals surface area contributed by atoms with Crippen LogP contribution in [-0.4, -0.2) is 37.8 Å². The summed E-state index contributed by atoms with van der Waals surface area (Å²) in [6, 6.07) is 18.7. The lowest BCUT2D eigenvalue weighted by atomic mass is 10.0. The first-order valence-electron chi connectivity index (χ1n) is 11.6. The molecule has 1 amide bonds. The number of nitrogens with zero attached hydrogens (tertiary/aromatic N) is 4. The number of fused-ring (bicyclic) bond motifs is 1.